The van der Waals surface area contributed by atoms with E-state index in [4.69, 9.17) is 25.5 Å². The van der Waals surface area contributed by atoms with E-state index >= 15 is 0 Å². The number of hydrogen-bond acceptors (Lipinski definition) is 5. The lowest BCUT2D eigenvalue weighted by atomic mass is 10.1. The number of amides is 1. The van der Waals surface area contributed by atoms with Crippen molar-refractivity contribution in [3.05, 3.63) is 82.8 Å². The number of benzene rings is 2. The summed E-state index contributed by atoms with van der Waals surface area (Å²) in [5.41, 5.74) is 3.62. The number of nitrogens with zero attached hydrogens (tertiary/aromatic N) is 1. The third kappa shape index (κ3) is 3.90. The molecule has 2 aromatic heterocycles. The van der Waals surface area contributed by atoms with Gasteiger partial charge in [-0.2, -0.15) is 5.10 Å². The fourth-order valence-electron chi connectivity index (χ4n) is 2.72. The van der Waals surface area contributed by atoms with E-state index in [0.29, 0.717) is 22.7 Å². The van der Waals surface area contributed by atoms with E-state index in [9.17, 15) is 9.59 Å². The molecule has 1 amide bonds. The molecule has 0 aliphatic rings. The Morgan fingerprint density at radius 3 is 2.62 bits per heavy atom. The molecule has 2 aromatic carbocycles. The Balaban J connectivity index is 1.44. The highest BCUT2D eigenvalue weighted by Crippen LogP contribution is 2.27. The third-order valence-corrected chi connectivity index (χ3v) is 4.43. The van der Waals surface area contributed by atoms with Gasteiger partial charge in [0.05, 0.1) is 16.8 Å². The molecule has 0 saturated heterocycles. The molecule has 2 heterocycles. The van der Waals surface area contributed by atoms with Crippen molar-refractivity contribution >= 4 is 40.7 Å². The average Bonchev–Trinajstić information content (AvgIpc) is 3.34. The monoisotopic (exact) mass is 408 g/mol. The summed E-state index contributed by atoms with van der Waals surface area (Å²) < 4.78 is 11.1. The minimum atomic E-state index is -1.10. The molecule has 0 radical (unpaired) electrons. The van der Waals surface area contributed by atoms with Crippen molar-refractivity contribution in [1.29, 1.82) is 0 Å². The number of rotatable bonds is 5. The number of furan rings is 2. The maximum Gasteiger partial charge on any atom is 0.337 e. The second-order valence-corrected chi connectivity index (χ2v) is 6.46. The molecule has 0 spiro atoms. The number of fused-ring (bicyclic) bond motifs is 1. The van der Waals surface area contributed by atoms with Gasteiger partial charge in [0.15, 0.2) is 5.76 Å². The first-order valence-electron chi connectivity index (χ1n) is 8.46. The number of carboxylic acids is 1. The third-order valence-electron chi connectivity index (χ3n) is 4.12. The zero-order valence-electron chi connectivity index (χ0n) is 14.8. The molecule has 4 aromatic rings. The number of nitrogens with one attached hydrogen (secondary N) is 1. The van der Waals surface area contributed by atoms with Crippen molar-refractivity contribution < 1.29 is 23.5 Å². The van der Waals surface area contributed by atoms with Gasteiger partial charge in [0.25, 0.3) is 0 Å². The summed E-state index contributed by atoms with van der Waals surface area (Å²) in [5.74, 6) is -0.567. The van der Waals surface area contributed by atoms with E-state index in [-0.39, 0.29) is 16.3 Å². The van der Waals surface area contributed by atoms with Crippen LogP contribution in [0.15, 0.2) is 74.6 Å². The summed E-state index contributed by atoms with van der Waals surface area (Å²) >= 11 is 5.98. The number of carbonyl (C=O) groups is 2. The molecule has 0 fully saturated rings. The molecular weight excluding hydrogens is 396 g/mol. The van der Waals surface area contributed by atoms with Crippen molar-refractivity contribution in [3.63, 3.8) is 0 Å². The van der Waals surface area contributed by atoms with E-state index < -0.39 is 11.9 Å². The molecule has 0 saturated carbocycles. The molecule has 144 valence electrons. The molecule has 2 N–H and O–H groups in total. The predicted molar refractivity (Wildman–Crippen MR) is 107 cm³/mol. The van der Waals surface area contributed by atoms with Crippen LogP contribution in [0.5, 0.6) is 0 Å². The molecule has 0 atom stereocenters. The second kappa shape index (κ2) is 7.65. The summed E-state index contributed by atoms with van der Waals surface area (Å²) in [4.78, 5) is 23.2. The van der Waals surface area contributed by atoms with E-state index in [0.717, 1.165) is 5.39 Å². The molecular formula is C21H13ClN2O5. The van der Waals surface area contributed by atoms with Crippen molar-refractivity contribution in [2.45, 2.75) is 0 Å². The Hall–Kier alpha value is -3.84. The van der Waals surface area contributed by atoms with Crippen LogP contribution in [0.1, 0.15) is 26.7 Å². The van der Waals surface area contributed by atoms with Gasteiger partial charge in [-0.3, -0.25) is 4.79 Å². The Kier molecular flexibility index (Phi) is 4.88. The van der Waals surface area contributed by atoms with Gasteiger partial charge >= 0.3 is 11.9 Å². The highest BCUT2D eigenvalue weighted by Gasteiger charge is 2.12. The van der Waals surface area contributed by atoms with Crippen LogP contribution in [0.3, 0.4) is 0 Å². The van der Waals surface area contributed by atoms with Gasteiger partial charge in [-0.25, -0.2) is 10.2 Å². The van der Waals surface area contributed by atoms with Gasteiger partial charge in [-0.05, 0) is 36.4 Å². The fourth-order valence-corrected chi connectivity index (χ4v) is 2.98. The van der Waals surface area contributed by atoms with Crippen LogP contribution in [0, 0.1) is 0 Å². The van der Waals surface area contributed by atoms with Crippen LogP contribution in [0.2, 0.25) is 5.02 Å². The average molecular weight is 409 g/mol. The number of para-hydroxylation sites is 1. The zero-order chi connectivity index (χ0) is 20.4. The van der Waals surface area contributed by atoms with Crippen molar-refractivity contribution in [3.8, 4) is 11.3 Å². The van der Waals surface area contributed by atoms with E-state index in [1.165, 1.54) is 18.3 Å². The standard InChI is InChI=1S/C21H13ClN2O5/c22-16-9-13(5-7-15(16)21(26)27)18-8-6-14(28-18)11-23-24-20(25)19-10-12-3-1-2-4-17(12)29-19/h1-11H,(H,24,25)(H,26,27)/b23-11-. The van der Waals surface area contributed by atoms with Gasteiger partial charge in [-0.1, -0.05) is 35.9 Å². The first-order chi connectivity index (χ1) is 14.0. The quantitative estimate of drug-likeness (QED) is 0.364. The van der Waals surface area contributed by atoms with Crippen LogP contribution >= 0.6 is 11.6 Å². The smallest absolute Gasteiger partial charge is 0.337 e. The van der Waals surface area contributed by atoms with Crippen LogP contribution in [0.4, 0.5) is 0 Å². The summed E-state index contributed by atoms with van der Waals surface area (Å²) in [6.07, 6.45) is 1.34. The van der Waals surface area contributed by atoms with Crippen LogP contribution in [-0.2, 0) is 0 Å². The van der Waals surface area contributed by atoms with E-state index in [1.54, 1.807) is 30.3 Å². The SMILES string of the molecule is O=C(N/N=C\c1ccc(-c2ccc(C(=O)O)c(Cl)c2)o1)c1cc2ccccc2o1. The molecule has 8 heteroatoms. The van der Waals surface area contributed by atoms with Gasteiger partial charge in [0.2, 0.25) is 0 Å². The predicted octanol–water partition coefficient (Wildman–Crippen LogP) is 4.81. The van der Waals surface area contributed by atoms with Gasteiger partial charge in [-0.15, -0.1) is 0 Å². The highest BCUT2D eigenvalue weighted by atomic mass is 35.5. The molecule has 7 nitrogen and oxygen atoms in total. The van der Waals surface area contributed by atoms with E-state index in [2.05, 4.69) is 10.5 Å². The summed E-state index contributed by atoms with van der Waals surface area (Å²) in [6.45, 7) is 0. The molecule has 29 heavy (non-hydrogen) atoms. The Morgan fingerprint density at radius 1 is 1.03 bits per heavy atom. The first kappa shape index (κ1) is 18.5. The summed E-state index contributed by atoms with van der Waals surface area (Å²) in [7, 11) is 0. The topological polar surface area (TPSA) is 105 Å². The minimum Gasteiger partial charge on any atom is -0.478 e. The number of carboxylic acid groups (broad SMARTS) is 1. The van der Waals surface area contributed by atoms with Gasteiger partial charge in [0, 0.05) is 10.9 Å². The van der Waals surface area contributed by atoms with Crippen LogP contribution in [-0.4, -0.2) is 23.2 Å². The fraction of sp³-hybridized carbons (Fsp3) is 0. The number of aromatic carboxylic acids is 1. The molecule has 0 aliphatic carbocycles. The lowest BCUT2D eigenvalue weighted by Crippen LogP contribution is -2.16. The summed E-state index contributed by atoms with van der Waals surface area (Å²) in [6, 6.07) is 16.8. The maximum absolute atomic E-state index is 12.1. The first-order valence-corrected chi connectivity index (χ1v) is 8.84. The minimum absolute atomic E-state index is 0.0112. The van der Waals surface area contributed by atoms with Crippen molar-refractivity contribution in [1.82, 2.24) is 5.43 Å². The maximum atomic E-state index is 12.1. The van der Waals surface area contributed by atoms with E-state index in [1.807, 2.05) is 18.2 Å². The second-order valence-electron chi connectivity index (χ2n) is 6.05. The Bertz CT molecular complexity index is 1220. The van der Waals surface area contributed by atoms with Crippen molar-refractivity contribution in [2.24, 2.45) is 5.10 Å². The lowest BCUT2D eigenvalue weighted by Gasteiger charge is -2.01. The zero-order valence-corrected chi connectivity index (χ0v) is 15.5. The highest BCUT2D eigenvalue weighted by molar-refractivity contribution is 6.33. The van der Waals surface area contributed by atoms with Gasteiger partial charge < -0.3 is 13.9 Å². The van der Waals surface area contributed by atoms with Gasteiger partial charge in [0.1, 0.15) is 17.1 Å². The largest absolute Gasteiger partial charge is 0.478 e. The Labute approximate surface area is 169 Å². The summed E-state index contributed by atoms with van der Waals surface area (Å²) in [5, 5.41) is 13.8. The van der Waals surface area contributed by atoms with Crippen LogP contribution in [0.25, 0.3) is 22.3 Å². The molecule has 0 unspecified atom stereocenters. The lowest BCUT2D eigenvalue weighted by molar-refractivity contribution is 0.0696. The number of carbonyl (C=O) groups excluding carboxylic acids is 1. The van der Waals surface area contributed by atoms with Crippen LogP contribution < -0.4 is 5.43 Å². The number of hydrazone groups is 1. The molecule has 0 bridgehead atoms. The Morgan fingerprint density at radius 2 is 1.86 bits per heavy atom. The number of halogens is 1. The number of hydrogen-bond donors (Lipinski definition) is 2. The molecule has 4 rings (SSSR count). The van der Waals surface area contributed by atoms with Crippen molar-refractivity contribution in [2.75, 3.05) is 0 Å². The molecule has 0 aliphatic heterocycles. The normalized spacial score (nSPS) is 11.2.